The summed E-state index contributed by atoms with van der Waals surface area (Å²) < 4.78 is 0. The van der Waals surface area contributed by atoms with Gasteiger partial charge in [-0.15, -0.1) is 24.8 Å². The van der Waals surface area contributed by atoms with Crippen LogP contribution in [0.15, 0.2) is 0 Å². The van der Waals surface area contributed by atoms with Crippen molar-refractivity contribution in [2.75, 3.05) is 26.2 Å². The molecule has 2 fully saturated rings. The molecule has 0 bridgehead atoms. The van der Waals surface area contributed by atoms with Crippen LogP contribution in [0.1, 0.15) is 12.8 Å². The number of carbonyl (C=O) groups is 1. The summed E-state index contributed by atoms with van der Waals surface area (Å²) in [5, 5.41) is 9.52. The van der Waals surface area contributed by atoms with E-state index in [2.05, 4.69) is 16.0 Å². The van der Waals surface area contributed by atoms with Crippen LogP contribution in [0.25, 0.3) is 0 Å². The molecule has 2 aliphatic heterocycles. The Morgan fingerprint density at radius 1 is 1.14 bits per heavy atom. The average Bonchev–Trinajstić information content (AvgIpc) is 2.42. The predicted octanol–water partition coefficient (Wildman–Crippen LogP) is -0.328. The van der Waals surface area contributed by atoms with Gasteiger partial charge in [0.15, 0.2) is 0 Å². The van der Waals surface area contributed by atoms with Crippen LogP contribution in [0.3, 0.4) is 0 Å². The second kappa shape index (κ2) is 5.75. The van der Waals surface area contributed by atoms with Gasteiger partial charge in [-0.3, -0.25) is 4.79 Å². The maximum absolute atomic E-state index is 11.0. The molecule has 1 unspecified atom stereocenters. The van der Waals surface area contributed by atoms with Gasteiger partial charge in [0.2, 0.25) is 5.91 Å². The Labute approximate surface area is 96.4 Å². The monoisotopic (exact) mass is 241 g/mol. The van der Waals surface area contributed by atoms with Gasteiger partial charge in [0.05, 0.1) is 6.54 Å². The molecule has 1 amide bonds. The quantitative estimate of drug-likeness (QED) is 0.545. The van der Waals surface area contributed by atoms with Gasteiger partial charge < -0.3 is 16.0 Å². The van der Waals surface area contributed by atoms with Crippen LogP contribution in [-0.4, -0.2) is 37.6 Å². The maximum atomic E-state index is 11.0. The van der Waals surface area contributed by atoms with Crippen molar-refractivity contribution in [2.24, 2.45) is 0 Å². The molecule has 84 valence electrons. The highest BCUT2D eigenvalue weighted by molar-refractivity contribution is 5.85. The largest absolute Gasteiger partial charge is 0.355 e. The molecule has 2 rings (SSSR count). The Kier molecular flexibility index (Phi) is 5.74. The molecule has 0 aliphatic carbocycles. The first kappa shape index (κ1) is 14.0. The Balaban J connectivity index is 0.000000845. The lowest BCUT2D eigenvalue weighted by Gasteiger charge is -2.26. The summed E-state index contributed by atoms with van der Waals surface area (Å²) in [5.41, 5.74) is 0.194. The van der Waals surface area contributed by atoms with Gasteiger partial charge in [0, 0.05) is 18.6 Å². The molecule has 2 heterocycles. The third-order valence-corrected chi connectivity index (χ3v) is 2.79. The molecule has 0 aromatic carbocycles. The number of hydrogen-bond acceptors (Lipinski definition) is 3. The first-order valence-electron chi connectivity index (χ1n) is 4.53. The van der Waals surface area contributed by atoms with Crippen molar-refractivity contribution >= 4 is 30.7 Å². The van der Waals surface area contributed by atoms with Crippen molar-refractivity contribution in [3.63, 3.8) is 0 Å². The normalized spacial score (nSPS) is 31.3. The van der Waals surface area contributed by atoms with Crippen LogP contribution in [0.4, 0.5) is 0 Å². The minimum Gasteiger partial charge on any atom is -0.355 e. The fourth-order valence-corrected chi connectivity index (χ4v) is 1.97. The van der Waals surface area contributed by atoms with E-state index in [1.165, 1.54) is 0 Å². The lowest BCUT2D eigenvalue weighted by molar-refractivity contribution is -0.119. The zero-order valence-corrected chi connectivity index (χ0v) is 9.60. The average molecular weight is 242 g/mol. The Hall–Kier alpha value is -0.0300. The van der Waals surface area contributed by atoms with E-state index in [4.69, 9.17) is 0 Å². The molecule has 0 aromatic heterocycles. The van der Waals surface area contributed by atoms with E-state index in [9.17, 15) is 4.79 Å². The standard InChI is InChI=1S/C8H15N3O.2ClH/c12-7-5-11-8(2-4-10-7)1-3-9-6-8;;/h9,11H,1-6H2,(H,10,12);2*1H. The summed E-state index contributed by atoms with van der Waals surface area (Å²) in [7, 11) is 0. The molecule has 14 heavy (non-hydrogen) atoms. The summed E-state index contributed by atoms with van der Waals surface area (Å²) in [5.74, 6) is 0.124. The van der Waals surface area contributed by atoms with Crippen LogP contribution in [0.5, 0.6) is 0 Å². The van der Waals surface area contributed by atoms with Gasteiger partial charge >= 0.3 is 0 Å². The van der Waals surface area contributed by atoms with E-state index in [1.54, 1.807) is 0 Å². The smallest absolute Gasteiger partial charge is 0.233 e. The number of amides is 1. The van der Waals surface area contributed by atoms with Crippen molar-refractivity contribution < 1.29 is 4.79 Å². The van der Waals surface area contributed by atoms with Gasteiger partial charge in [-0.25, -0.2) is 0 Å². The maximum Gasteiger partial charge on any atom is 0.233 e. The number of hydrogen-bond donors (Lipinski definition) is 3. The number of carbonyl (C=O) groups excluding carboxylic acids is 1. The first-order valence-corrected chi connectivity index (χ1v) is 4.53. The second-order valence-corrected chi connectivity index (χ2v) is 3.66. The van der Waals surface area contributed by atoms with Crippen molar-refractivity contribution in [3.8, 4) is 0 Å². The lowest BCUT2D eigenvalue weighted by Crippen LogP contribution is -2.47. The van der Waals surface area contributed by atoms with E-state index in [-0.39, 0.29) is 36.3 Å². The molecule has 3 N–H and O–H groups in total. The van der Waals surface area contributed by atoms with Crippen LogP contribution >= 0.6 is 24.8 Å². The third kappa shape index (κ3) is 2.98. The highest BCUT2D eigenvalue weighted by atomic mass is 35.5. The molecular weight excluding hydrogens is 225 g/mol. The number of nitrogens with one attached hydrogen (secondary N) is 3. The SMILES string of the molecule is Cl.Cl.O=C1CNC2(CCNC2)CCN1. The van der Waals surface area contributed by atoms with Crippen molar-refractivity contribution in [3.05, 3.63) is 0 Å². The number of rotatable bonds is 0. The van der Waals surface area contributed by atoms with E-state index in [1.807, 2.05) is 0 Å². The fourth-order valence-electron chi connectivity index (χ4n) is 1.97. The summed E-state index contributed by atoms with van der Waals surface area (Å²) >= 11 is 0. The van der Waals surface area contributed by atoms with Crippen LogP contribution in [0.2, 0.25) is 0 Å². The molecular formula is C8H17Cl2N3O. The molecule has 2 saturated heterocycles. The molecule has 2 aliphatic rings. The summed E-state index contributed by atoms with van der Waals surface area (Å²) in [6.07, 6.45) is 2.19. The zero-order chi connectivity index (χ0) is 8.44. The van der Waals surface area contributed by atoms with Crippen molar-refractivity contribution in [1.82, 2.24) is 16.0 Å². The van der Waals surface area contributed by atoms with Gasteiger partial charge in [0.25, 0.3) is 0 Å². The Morgan fingerprint density at radius 3 is 2.50 bits per heavy atom. The van der Waals surface area contributed by atoms with E-state index >= 15 is 0 Å². The minimum absolute atomic E-state index is 0. The molecule has 0 radical (unpaired) electrons. The molecule has 4 nitrogen and oxygen atoms in total. The van der Waals surface area contributed by atoms with Crippen LogP contribution in [0, 0.1) is 0 Å². The number of halogens is 2. The van der Waals surface area contributed by atoms with Gasteiger partial charge in [0.1, 0.15) is 0 Å². The predicted molar refractivity (Wildman–Crippen MR) is 60.3 cm³/mol. The van der Waals surface area contributed by atoms with E-state index in [0.717, 1.165) is 32.5 Å². The lowest BCUT2D eigenvalue weighted by atomic mass is 9.95. The van der Waals surface area contributed by atoms with E-state index < -0.39 is 0 Å². The highest BCUT2D eigenvalue weighted by Crippen LogP contribution is 2.19. The van der Waals surface area contributed by atoms with Crippen LogP contribution in [-0.2, 0) is 4.79 Å². The Bertz CT molecular complexity index is 195. The van der Waals surface area contributed by atoms with Gasteiger partial charge in [-0.05, 0) is 19.4 Å². The molecule has 1 spiro atoms. The van der Waals surface area contributed by atoms with E-state index in [0.29, 0.717) is 6.54 Å². The molecule has 1 atom stereocenters. The van der Waals surface area contributed by atoms with Gasteiger partial charge in [-0.2, -0.15) is 0 Å². The first-order chi connectivity index (χ1) is 5.81. The molecule has 0 saturated carbocycles. The van der Waals surface area contributed by atoms with Gasteiger partial charge in [-0.1, -0.05) is 0 Å². The third-order valence-electron chi connectivity index (χ3n) is 2.79. The molecule has 6 heteroatoms. The summed E-state index contributed by atoms with van der Waals surface area (Å²) in [6, 6.07) is 0. The highest BCUT2D eigenvalue weighted by Gasteiger charge is 2.34. The Morgan fingerprint density at radius 2 is 1.86 bits per heavy atom. The summed E-state index contributed by atoms with van der Waals surface area (Å²) in [4.78, 5) is 11.0. The zero-order valence-electron chi connectivity index (χ0n) is 7.97. The fraction of sp³-hybridized carbons (Fsp3) is 0.875. The molecule has 0 aromatic rings. The summed E-state index contributed by atoms with van der Waals surface area (Å²) in [6.45, 7) is 3.36. The van der Waals surface area contributed by atoms with Crippen molar-refractivity contribution in [2.45, 2.75) is 18.4 Å². The van der Waals surface area contributed by atoms with Crippen molar-refractivity contribution in [1.29, 1.82) is 0 Å². The minimum atomic E-state index is 0. The topological polar surface area (TPSA) is 53.2 Å². The van der Waals surface area contributed by atoms with Crippen LogP contribution < -0.4 is 16.0 Å². The second-order valence-electron chi connectivity index (χ2n) is 3.66.